The highest BCUT2D eigenvalue weighted by molar-refractivity contribution is 7.90. The normalized spacial score (nSPS) is 17.7. The summed E-state index contributed by atoms with van der Waals surface area (Å²) in [5.74, 6) is 0.577. The van der Waals surface area contributed by atoms with Crippen molar-refractivity contribution < 1.29 is 17.9 Å². The first-order valence-electron chi connectivity index (χ1n) is 7.69. The molecule has 2 atom stereocenters. The number of benzene rings is 2. The van der Waals surface area contributed by atoms with Crippen LogP contribution in [0.1, 0.15) is 24.1 Å². The van der Waals surface area contributed by atoms with Gasteiger partial charge < -0.3 is 10.1 Å². The van der Waals surface area contributed by atoms with Gasteiger partial charge in [-0.15, -0.1) is 0 Å². The number of hydrogen-bond acceptors (Lipinski definition) is 4. The molecule has 0 bridgehead atoms. The second-order valence-corrected chi connectivity index (χ2v) is 8.01. The van der Waals surface area contributed by atoms with Crippen molar-refractivity contribution in [3.05, 3.63) is 59.7 Å². The first-order chi connectivity index (χ1) is 11.3. The first kappa shape index (κ1) is 16.5. The summed E-state index contributed by atoms with van der Waals surface area (Å²) >= 11 is 0. The van der Waals surface area contributed by atoms with Crippen molar-refractivity contribution in [2.75, 3.05) is 6.26 Å². The molecule has 24 heavy (non-hydrogen) atoms. The van der Waals surface area contributed by atoms with Crippen LogP contribution in [-0.4, -0.2) is 26.7 Å². The SMILES string of the molecule is C[C@@H](NC(=O)[C@@H]1Cc2ccccc2O1)c1ccc(S(C)(=O)=O)cc1. The van der Waals surface area contributed by atoms with Crippen LogP contribution in [0.5, 0.6) is 5.75 Å². The summed E-state index contributed by atoms with van der Waals surface area (Å²) in [6.45, 7) is 1.86. The van der Waals surface area contributed by atoms with Crippen LogP contribution in [0.25, 0.3) is 0 Å². The Morgan fingerprint density at radius 1 is 1.17 bits per heavy atom. The molecule has 2 aromatic carbocycles. The fourth-order valence-electron chi connectivity index (χ4n) is 2.72. The van der Waals surface area contributed by atoms with E-state index in [-0.39, 0.29) is 16.8 Å². The zero-order chi connectivity index (χ0) is 17.3. The molecule has 1 heterocycles. The van der Waals surface area contributed by atoms with E-state index >= 15 is 0 Å². The maximum Gasteiger partial charge on any atom is 0.261 e. The summed E-state index contributed by atoms with van der Waals surface area (Å²) in [6, 6.07) is 13.9. The predicted molar refractivity (Wildman–Crippen MR) is 90.7 cm³/mol. The number of para-hydroxylation sites is 1. The highest BCUT2D eigenvalue weighted by atomic mass is 32.2. The Morgan fingerprint density at radius 2 is 1.83 bits per heavy atom. The molecule has 126 valence electrons. The van der Waals surface area contributed by atoms with Gasteiger partial charge in [-0.25, -0.2) is 8.42 Å². The summed E-state index contributed by atoms with van der Waals surface area (Å²) < 4.78 is 28.7. The quantitative estimate of drug-likeness (QED) is 0.923. The van der Waals surface area contributed by atoms with Crippen molar-refractivity contribution in [3.63, 3.8) is 0 Å². The molecule has 1 amide bonds. The Labute approximate surface area is 141 Å². The topological polar surface area (TPSA) is 72.5 Å². The molecule has 6 heteroatoms. The number of ether oxygens (including phenoxy) is 1. The maximum absolute atomic E-state index is 12.4. The largest absolute Gasteiger partial charge is 0.480 e. The van der Waals surface area contributed by atoms with Gasteiger partial charge in [-0.3, -0.25) is 4.79 Å². The number of hydrogen-bond donors (Lipinski definition) is 1. The highest BCUT2D eigenvalue weighted by Gasteiger charge is 2.29. The summed E-state index contributed by atoms with van der Waals surface area (Å²) in [4.78, 5) is 12.7. The lowest BCUT2D eigenvalue weighted by Crippen LogP contribution is -2.38. The van der Waals surface area contributed by atoms with E-state index in [1.165, 1.54) is 6.26 Å². The van der Waals surface area contributed by atoms with Gasteiger partial charge in [0.1, 0.15) is 5.75 Å². The second-order valence-electron chi connectivity index (χ2n) is 5.99. The predicted octanol–water partition coefficient (Wildman–Crippen LogP) is 2.27. The van der Waals surface area contributed by atoms with Gasteiger partial charge in [0.05, 0.1) is 10.9 Å². The molecule has 2 aromatic rings. The Kier molecular flexibility index (Phi) is 4.32. The minimum absolute atomic E-state index is 0.175. The molecule has 0 unspecified atom stereocenters. The van der Waals surface area contributed by atoms with E-state index in [1.807, 2.05) is 31.2 Å². The molecular weight excluding hydrogens is 326 g/mol. The van der Waals surface area contributed by atoms with E-state index in [9.17, 15) is 13.2 Å². The number of sulfone groups is 1. The third kappa shape index (κ3) is 3.43. The van der Waals surface area contributed by atoms with Crippen molar-refractivity contribution in [2.24, 2.45) is 0 Å². The fourth-order valence-corrected chi connectivity index (χ4v) is 3.35. The zero-order valence-electron chi connectivity index (χ0n) is 13.5. The van der Waals surface area contributed by atoms with Crippen molar-refractivity contribution in [2.45, 2.75) is 30.4 Å². The number of rotatable bonds is 4. The maximum atomic E-state index is 12.4. The van der Waals surface area contributed by atoms with E-state index in [2.05, 4.69) is 5.32 Å². The van der Waals surface area contributed by atoms with Crippen LogP contribution in [0.2, 0.25) is 0 Å². The van der Waals surface area contributed by atoms with Gasteiger partial charge in [0, 0.05) is 12.7 Å². The average molecular weight is 345 g/mol. The van der Waals surface area contributed by atoms with Gasteiger partial charge >= 0.3 is 0 Å². The minimum Gasteiger partial charge on any atom is -0.480 e. The summed E-state index contributed by atoms with van der Waals surface area (Å²) in [6.07, 6.45) is 1.20. The Bertz CT molecular complexity index is 834. The van der Waals surface area contributed by atoms with Gasteiger partial charge in [-0.2, -0.15) is 0 Å². The standard InChI is InChI=1S/C18H19NO4S/c1-12(13-7-9-15(10-8-13)24(2,21)22)19-18(20)17-11-14-5-3-4-6-16(14)23-17/h3-10,12,17H,11H2,1-2H3,(H,19,20)/t12-,17+/m1/s1. The molecule has 0 aliphatic carbocycles. The summed E-state index contributed by atoms with van der Waals surface area (Å²) in [5, 5.41) is 2.92. The van der Waals surface area contributed by atoms with Crippen LogP contribution in [0.15, 0.2) is 53.4 Å². The van der Waals surface area contributed by atoms with Crippen molar-refractivity contribution in [1.29, 1.82) is 0 Å². The number of nitrogens with one attached hydrogen (secondary N) is 1. The molecule has 0 saturated heterocycles. The fraction of sp³-hybridized carbons (Fsp3) is 0.278. The Morgan fingerprint density at radius 3 is 2.46 bits per heavy atom. The molecule has 0 spiro atoms. The van der Waals surface area contributed by atoms with Crippen LogP contribution in [-0.2, 0) is 21.1 Å². The molecule has 0 radical (unpaired) electrons. The molecule has 0 aromatic heterocycles. The third-order valence-corrected chi connectivity index (χ3v) is 5.24. The Hall–Kier alpha value is -2.34. The number of fused-ring (bicyclic) bond motifs is 1. The first-order valence-corrected chi connectivity index (χ1v) is 9.58. The van der Waals surface area contributed by atoms with Crippen LogP contribution < -0.4 is 10.1 Å². The zero-order valence-corrected chi connectivity index (χ0v) is 14.3. The van der Waals surface area contributed by atoms with E-state index in [4.69, 9.17) is 4.74 Å². The number of amides is 1. The molecule has 3 rings (SSSR count). The minimum atomic E-state index is -3.22. The van der Waals surface area contributed by atoms with Crippen molar-refractivity contribution >= 4 is 15.7 Å². The van der Waals surface area contributed by atoms with Gasteiger partial charge in [0.25, 0.3) is 5.91 Å². The molecular formula is C18H19NO4S. The lowest BCUT2D eigenvalue weighted by atomic mass is 10.1. The van der Waals surface area contributed by atoms with Crippen molar-refractivity contribution in [1.82, 2.24) is 5.32 Å². The highest BCUT2D eigenvalue weighted by Crippen LogP contribution is 2.28. The molecule has 1 aliphatic heterocycles. The van der Waals surface area contributed by atoms with Gasteiger partial charge in [0.2, 0.25) is 0 Å². The van der Waals surface area contributed by atoms with E-state index in [0.717, 1.165) is 16.9 Å². The molecule has 5 nitrogen and oxygen atoms in total. The average Bonchev–Trinajstić information content (AvgIpc) is 2.98. The van der Waals surface area contributed by atoms with Gasteiger partial charge in [0.15, 0.2) is 15.9 Å². The van der Waals surface area contributed by atoms with Gasteiger partial charge in [-0.05, 0) is 36.2 Å². The van der Waals surface area contributed by atoms with Crippen LogP contribution in [0, 0.1) is 0 Å². The summed E-state index contributed by atoms with van der Waals surface area (Å²) in [7, 11) is -3.22. The van der Waals surface area contributed by atoms with Gasteiger partial charge in [-0.1, -0.05) is 30.3 Å². The smallest absolute Gasteiger partial charge is 0.261 e. The lowest BCUT2D eigenvalue weighted by molar-refractivity contribution is -0.127. The molecule has 1 aliphatic rings. The third-order valence-electron chi connectivity index (χ3n) is 4.11. The van der Waals surface area contributed by atoms with E-state index in [1.54, 1.807) is 24.3 Å². The van der Waals surface area contributed by atoms with Crippen LogP contribution in [0.4, 0.5) is 0 Å². The van der Waals surface area contributed by atoms with Crippen LogP contribution in [0.3, 0.4) is 0 Å². The Balaban J connectivity index is 1.65. The molecule has 1 N–H and O–H groups in total. The number of carbonyl (C=O) groups excluding carboxylic acids is 1. The van der Waals surface area contributed by atoms with Crippen LogP contribution >= 0.6 is 0 Å². The second kappa shape index (κ2) is 6.28. The summed E-state index contributed by atoms with van der Waals surface area (Å²) in [5.41, 5.74) is 1.87. The van der Waals surface area contributed by atoms with E-state index in [0.29, 0.717) is 6.42 Å². The monoisotopic (exact) mass is 345 g/mol. The number of carbonyl (C=O) groups is 1. The molecule has 0 fully saturated rings. The van der Waals surface area contributed by atoms with Crippen molar-refractivity contribution in [3.8, 4) is 5.75 Å². The lowest BCUT2D eigenvalue weighted by Gasteiger charge is -2.17. The van der Waals surface area contributed by atoms with E-state index < -0.39 is 15.9 Å². The molecule has 0 saturated carbocycles.